The van der Waals surface area contributed by atoms with Crippen LogP contribution in [0.25, 0.3) is 0 Å². The summed E-state index contributed by atoms with van der Waals surface area (Å²) in [5, 5.41) is 3.80. The van der Waals surface area contributed by atoms with Crippen molar-refractivity contribution in [1.82, 2.24) is 10.3 Å². The first kappa shape index (κ1) is 15.5. The van der Waals surface area contributed by atoms with Gasteiger partial charge in [-0.15, -0.1) is 0 Å². The second-order valence-electron chi connectivity index (χ2n) is 7.07. The molecule has 1 saturated carbocycles. The van der Waals surface area contributed by atoms with Gasteiger partial charge >= 0.3 is 0 Å². The van der Waals surface area contributed by atoms with E-state index in [1.54, 1.807) is 0 Å². The summed E-state index contributed by atoms with van der Waals surface area (Å²) in [5.74, 6) is 0.714. The summed E-state index contributed by atoms with van der Waals surface area (Å²) in [6.45, 7) is 10.4. The molecule has 0 spiro atoms. The second-order valence-corrected chi connectivity index (χ2v) is 7.07. The number of nitrogens with one attached hydrogen (secondary N) is 1. The smallest absolute Gasteiger partial charge is 0.0369 e. The van der Waals surface area contributed by atoms with Crippen LogP contribution in [-0.4, -0.2) is 11.5 Å². The van der Waals surface area contributed by atoms with Crippen LogP contribution in [0, 0.1) is 18.3 Å². The molecule has 0 saturated heterocycles. The number of hydrogen-bond donors (Lipinski definition) is 1. The number of aryl methyl sites for hydroxylation is 1. The molecule has 0 aromatic carbocycles. The molecule has 0 bridgehead atoms. The van der Waals surface area contributed by atoms with Gasteiger partial charge in [0.25, 0.3) is 0 Å². The quantitative estimate of drug-likeness (QED) is 0.845. The van der Waals surface area contributed by atoms with Crippen LogP contribution in [0.15, 0.2) is 18.5 Å². The Labute approximate surface area is 124 Å². The Bertz CT molecular complexity index is 425. The third-order valence-corrected chi connectivity index (χ3v) is 4.86. The summed E-state index contributed by atoms with van der Waals surface area (Å²) in [6, 6.07) is 2.77. The second kappa shape index (κ2) is 6.71. The molecule has 112 valence electrons. The van der Waals surface area contributed by atoms with E-state index in [-0.39, 0.29) is 0 Å². The van der Waals surface area contributed by atoms with Gasteiger partial charge in [-0.25, -0.2) is 0 Å². The SMILES string of the molecule is CCCNC(c1cncc(C)c1)C1CCCCC1(C)C. The maximum absolute atomic E-state index is 4.42. The van der Waals surface area contributed by atoms with Crippen LogP contribution < -0.4 is 5.32 Å². The highest BCUT2D eigenvalue weighted by atomic mass is 14.9. The van der Waals surface area contributed by atoms with Gasteiger partial charge in [-0.2, -0.15) is 0 Å². The van der Waals surface area contributed by atoms with Crippen molar-refractivity contribution < 1.29 is 0 Å². The van der Waals surface area contributed by atoms with Gasteiger partial charge in [0, 0.05) is 18.4 Å². The standard InChI is InChI=1S/C18H30N2/c1-5-10-20-17(15-11-14(2)12-19-13-15)16-8-6-7-9-18(16,3)4/h11-13,16-17,20H,5-10H2,1-4H3. The number of nitrogens with zero attached hydrogens (tertiary/aromatic N) is 1. The lowest BCUT2D eigenvalue weighted by molar-refractivity contribution is 0.0980. The Morgan fingerprint density at radius 1 is 1.35 bits per heavy atom. The average molecular weight is 274 g/mol. The number of rotatable bonds is 5. The average Bonchev–Trinajstić information content (AvgIpc) is 2.40. The van der Waals surface area contributed by atoms with Crippen LogP contribution in [-0.2, 0) is 0 Å². The fraction of sp³-hybridized carbons (Fsp3) is 0.722. The van der Waals surface area contributed by atoms with Gasteiger partial charge in [0.2, 0.25) is 0 Å². The van der Waals surface area contributed by atoms with E-state index >= 15 is 0 Å². The molecule has 2 atom stereocenters. The topological polar surface area (TPSA) is 24.9 Å². The van der Waals surface area contributed by atoms with Crippen LogP contribution >= 0.6 is 0 Å². The summed E-state index contributed by atoms with van der Waals surface area (Å²) in [5.41, 5.74) is 3.06. The van der Waals surface area contributed by atoms with E-state index in [2.05, 4.69) is 50.3 Å². The van der Waals surface area contributed by atoms with Gasteiger partial charge in [0.05, 0.1) is 0 Å². The fourth-order valence-corrected chi connectivity index (χ4v) is 3.68. The van der Waals surface area contributed by atoms with Crippen molar-refractivity contribution in [2.45, 2.75) is 65.8 Å². The zero-order valence-corrected chi connectivity index (χ0v) is 13.6. The monoisotopic (exact) mass is 274 g/mol. The molecule has 1 aliphatic rings. The molecule has 2 rings (SSSR count). The molecule has 1 fully saturated rings. The van der Waals surface area contributed by atoms with Crippen molar-refractivity contribution in [1.29, 1.82) is 0 Å². The van der Waals surface area contributed by atoms with E-state index in [4.69, 9.17) is 0 Å². The third kappa shape index (κ3) is 3.60. The predicted octanol–water partition coefficient (Wildman–Crippen LogP) is 4.65. The van der Waals surface area contributed by atoms with Crippen molar-refractivity contribution >= 4 is 0 Å². The summed E-state index contributed by atoms with van der Waals surface area (Å²) in [7, 11) is 0. The first-order chi connectivity index (χ1) is 9.54. The van der Waals surface area contributed by atoms with Crippen LogP contribution in [0.2, 0.25) is 0 Å². The van der Waals surface area contributed by atoms with E-state index in [1.807, 2.05) is 6.20 Å². The van der Waals surface area contributed by atoms with E-state index in [0.717, 1.165) is 6.54 Å². The molecule has 20 heavy (non-hydrogen) atoms. The lowest BCUT2D eigenvalue weighted by atomic mass is 9.65. The summed E-state index contributed by atoms with van der Waals surface area (Å²) in [6.07, 6.45) is 10.6. The molecule has 2 unspecified atom stereocenters. The third-order valence-electron chi connectivity index (χ3n) is 4.86. The minimum atomic E-state index is 0.424. The minimum absolute atomic E-state index is 0.424. The normalized spacial score (nSPS) is 23.5. The van der Waals surface area contributed by atoms with Gasteiger partial charge < -0.3 is 5.32 Å². The fourth-order valence-electron chi connectivity index (χ4n) is 3.68. The Kier molecular flexibility index (Phi) is 5.20. The highest BCUT2D eigenvalue weighted by molar-refractivity contribution is 5.21. The summed E-state index contributed by atoms with van der Waals surface area (Å²) in [4.78, 5) is 4.42. The van der Waals surface area contributed by atoms with Crippen LogP contribution in [0.4, 0.5) is 0 Å². The summed E-state index contributed by atoms with van der Waals surface area (Å²) >= 11 is 0. The van der Waals surface area contributed by atoms with E-state index in [1.165, 1.54) is 43.2 Å². The van der Waals surface area contributed by atoms with Crippen molar-refractivity contribution in [3.8, 4) is 0 Å². The van der Waals surface area contributed by atoms with Crippen molar-refractivity contribution in [3.63, 3.8) is 0 Å². The molecule has 0 amide bonds. The summed E-state index contributed by atoms with van der Waals surface area (Å²) < 4.78 is 0. The molecule has 1 N–H and O–H groups in total. The lowest BCUT2D eigenvalue weighted by Gasteiger charge is -2.43. The zero-order valence-electron chi connectivity index (χ0n) is 13.6. The molecular weight excluding hydrogens is 244 g/mol. The molecule has 2 nitrogen and oxygen atoms in total. The molecule has 1 aliphatic carbocycles. The largest absolute Gasteiger partial charge is 0.310 e. The van der Waals surface area contributed by atoms with Crippen LogP contribution in [0.3, 0.4) is 0 Å². The number of aromatic nitrogens is 1. The Balaban J connectivity index is 2.26. The van der Waals surface area contributed by atoms with Gasteiger partial charge in [-0.3, -0.25) is 4.98 Å². The van der Waals surface area contributed by atoms with Gasteiger partial charge in [-0.05, 0) is 55.2 Å². The van der Waals surface area contributed by atoms with E-state index in [9.17, 15) is 0 Å². The van der Waals surface area contributed by atoms with Gasteiger partial charge in [-0.1, -0.05) is 39.7 Å². The first-order valence-electron chi connectivity index (χ1n) is 8.19. The first-order valence-corrected chi connectivity index (χ1v) is 8.19. The molecular formula is C18H30N2. The van der Waals surface area contributed by atoms with Crippen molar-refractivity contribution in [3.05, 3.63) is 29.6 Å². The number of hydrogen-bond acceptors (Lipinski definition) is 2. The molecule has 1 heterocycles. The zero-order chi connectivity index (χ0) is 14.6. The number of pyridine rings is 1. The lowest BCUT2D eigenvalue weighted by Crippen LogP contribution is -2.39. The maximum atomic E-state index is 4.42. The van der Waals surface area contributed by atoms with Crippen molar-refractivity contribution in [2.24, 2.45) is 11.3 Å². The molecule has 1 aromatic heterocycles. The van der Waals surface area contributed by atoms with Crippen molar-refractivity contribution in [2.75, 3.05) is 6.54 Å². The van der Waals surface area contributed by atoms with Gasteiger partial charge in [0.1, 0.15) is 0 Å². The van der Waals surface area contributed by atoms with E-state index < -0.39 is 0 Å². The Morgan fingerprint density at radius 2 is 2.15 bits per heavy atom. The molecule has 0 radical (unpaired) electrons. The molecule has 2 heteroatoms. The molecule has 0 aliphatic heterocycles. The van der Waals surface area contributed by atoms with Crippen LogP contribution in [0.1, 0.15) is 70.0 Å². The highest BCUT2D eigenvalue weighted by Gasteiger charge is 2.37. The van der Waals surface area contributed by atoms with Crippen LogP contribution in [0.5, 0.6) is 0 Å². The maximum Gasteiger partial charge on any atom is 0.0369 e. The van der Waals surface area contributed by atoms with Gasteiger partial charge in [0.15, 0.2) is 0 Å². The van der Waals surface area contributed by atoms with E-state index in [0.29, 0.717) is 17.4 Å². The minimum Gasteiger partial charge on any atom is -0.310 e. The highest BCUT2D eigenvalue weighted by Crippen LogP contribution is 2.46. The molecule has 1 aromatic rings. The Morgan fingerprint density at radius 3 is 2.80 bits per heavy atom. The Hall–Kier alpha value is -0.890. The predicted molar refractivity (Wildman–Crippen MR) is 85.7 cm³/mol.